The zero-order chi connectivity index (χ0) is 17.0. The van der Waals surface area contributed by atoms with Crippen LogP contribution in [0.25, 0.3) is 0 Å². The minimum Gasteiger partial charge on any atom is -0.338 e. The van der Waals surface area contributed by atoms with Crippen LogP contribution in [0.2, 0.25) is 0 Å². The topological polar surface area (TPSA) is 61.5 Å². The molecule has 0 unspecified atom stereocenters. The third-order valence-corrected chi connectivity index (χ3v) is 4.14. The number of H-pyrrole nitrogens is 1. The lowest BCUT2D eigenvalue weighted by Crippen LogP contribution is -2.36. The molecule has 0 aliphatic carbocycles. The molecule has 6 nitrogen and oxygen atoms in total. The molecule has 23 heavy (non-hydrogen) atoms. The van der Waals surface area contributed by atoms with Gasteiger partial charge in [-0.3, -0.25) is 9.63 Å². The molecule has 1 aromatic rings. The van der Waals surface area contributed by atoms with Crippen molar-refractivity contribution in [1.82, 2.24) is 19.9 Å². The summed E-state index contributed by atoms with van der Waals surface area (Å²) < 4.78 is 37.7. The molecule has 130 valence electrons. The molecule has 0 radical (unpaired) electrons. The number of halogens is 3. The van der Waals surface area contributed by atoms with Crippen LogP contribution >= 0.6 is 0 Å². The van der Waals surface area contributed by atoms with Crippen LogP contribution in [0, 0.1) is 0 Å². The number of nitrogens with zero attached hydrogens (tertiary/aromatic N) is 3. The van der Waals surface area contributed by atoms with E-state index in [1.807, 2.05) is 0 Å². The molecule has 1 aliphatic rings. The first kappa shape index (κ1) is 17.7. The summed E-state index contributed by atoms with van der Waals surface area (Å²) in [6, 6.07) is 0. The number of amides is 1. The molecule has 2 heterocycles. The summed E-state index contributed by atoms with van der Waals surface area (Å²) in [5.74, 6) is 0.294. The Morgan fingerprint density at radius 1 is 1.48 bits per heavy atom. The van der Waals surface area contributed by atoms with Crippen molar-refractivity contribution in [2.45, 2.75) is 31.4 Å². The van der Waals surface area contributed by atoms with Gasteiger partial charge in [0.25, 0.3) is 0 Å². The largest absolute Gasteiger partial charge is 0.432 e. The first-order valence-corrected chi connectivity index (χ1v) is 7.46. The number of imidazole rings is 1. The number of nitrogens with one attached hydrogen (secondary N) is 1. The number of rotatable bonds is 5. The molecule has 1 aromatic heterocycles. The molecule has 1 fully saturated rings. The summed E-state index contributed by atoms with van der Waals surface area (Å²) in [7, 11) is 2.99. The second-order valence-electron chi connectivity index (χ2n) is 5.62. The van der Waals surface area contributed by atoms with Crippen LogP contribution in [0.3, 0.4) is 0 Å². The standard InChI is InChI=1S/C14H21F3N4O2/c1-20(23-2)12(22)5-8-21-6-3-10(4-7-21)13-18-9-11(19-13)14(15,16)17/h9-10H,3-8H2,1-2H3,(H,18,19). The fraction of sp³-hybridized carbons (Fsp3) is 0.714. The fourth-order valence-electron chi connectivity index (χ4n) is 2.63. The number of carbonyl (C=O) groups is 1. The highest BCUT2D eigenvalue weighted by atomic mass is 19.4. The van der Waals surface area contributed by atoms with E-state index in [0.717, 1.165) is 32.1 Å². The maximum atomic E-state index is 12.6. The molecule has 1 N–H and O–H groups in total. The molecule has 0 aromatic carbocycles. The van der Waals surface area contributed by atoms with Gasteiger partial charge in [0.15, 0.2) is 0 Å². The maximum absolute atomic E-state index is 12.6. The molecule has 1 saturated heterocycles. The Bertz CT molecular complexity index is 524. The van der Waals surface area contributed by atoms with Gasteiger partial charge in [0.1, 0.15) is 11.5 Å². The number of hydrogen-bond acceptors (Lipinski definition) is 4. The number of likely N-dealkylation sites (tertiary alicyclic amines) is 1. The number of aromatic amines is 1. The molecule has 0 bridgehead atoms. The molecule has 9 heteroatoms. The second kappa shape index (κ2) is 7.31. The molecular weight excluding hydrogens is 313 g/mol. The Kier molecular flexibility index (Phi) is 5.64. The van der Waals surface area contributed by atoms with Crippen LogP contribution in [0.4, 0.5) is 13.2 Å². The fourth-order valence-corrected chi connectivity index (χ4v) is 2.63. The van der Waals surface area contributed by atoms with Gasteiger partial charge in [-0.05, 0) is 25.9 Å². The molecule has 0 saturated carbocycles. The van der Waals surface area contributed by atoms with E-state index < -0.39 is 11.9 Å². The van der Waals surface area contributed by atoms with Crippen LogP contribution in [-0.2, 0) is 15.8 Å². The first-order chi connectivity index (χ1) is 10.8. The minimum absolute atomic E-state index is 0.000278. The summed E-state index contributed by atoms with van der Waals surface area (Å²) >= 11 is 0. The number of aromatic nitrogens is 2. The summed E-state index contributed by atoms with van der Waals surface area (Å²) in [4.78, 5) is 24.8. The Morgan fingerprint density at radius 3 is 2.65 bits per heavy atom. The Hall–Kier alpha value is -1.61. The van der Waals surface area contributed by atoms with Gasteiger partial charge in [0.05, 0.1) is 13.3 Å². The highest BCUT2D eigenvalue weighted by molar-refractivity contribution is 5.74. The van der Waals surface area contributed by atoms with Gasteiger partial charge in [-0.15, -0.1) is 0 Å². The first-order valence-electron chi connectivity index (χ1n) is 7.46. The molecule has 0 spiro atoms. The van der Waals surface area contributed by atoms with Crippen molar-refractivity contribution in [2.24, 2.45) is 0 Å². The van der Waals surface area contributed by atoms with E-state index in [4.69, 9.17) is 4.84 Å². The Morgan fingerprint density at radius 2 is 2.13 bits per heavy atom. The average molecular weight is 334 g/mol. The minimum atomic E-state index is -4.39. The SMILES string of the molecule is CON(C)C(=O)CCN1CCC(c2ncc(C(F)(F)F)[nH]2)CC1. The van der Waals surface area contributed by atoms with Crippen molar-refractivity contribution in [3.8, 4) is 0 Å². The lowest BCUT2D eigenvalue weighted by atomic mass is 9.96. The van der Waals surface area contributed by atoms with Crippen molar-refractivity contribution in [3.05, 3.63) is 17.7 Å². The zero-order valence-corrected chi connectivity index (χ0v) is 13.2. The van der Waals surface area contributed by atoms with Crippen molar-refractivity contribution < 1.29 is 22.8 Å². The van der Waals surface area contributed by atoms with E-state index in [0.29, 0.717) is 18.8 Å². The molecule has 1 amide bonds. The van der Waals surface area contributed by atoms with Crippen LogP contribution in [0.1, 0.15) is 36.7 Å². The summed E-state index contributed by atoms with van der Waals surface area (Å²) in [6.07, 6.45) is -1.74. The van der Waals surface area contributed by atoms with Gasteiger partial charge in [0, 0.05) is 25.9 Å². The van der Waals surface area contributed by atoms with E-state index in [-0.39, 0.29) is 11.8 Å². The third kappa shape index (κ3) is 4.68. The van der Waals surface area contributed by atoms with Gasteiger partial charge in [0.2, 0.25) is 5.91 Å². The van der Waals surface area contributed by atoms with E-state index in [1.165, 1.54) is 12.2 Å². The van der Waals surface area contributed by atoms with Crippen LogP contribution in [0.15, 0.2) is 6.20 Å². The van der Waals surface area contributed by atoms with Crippen LogP contribution in [0.5, 0.6) is 0 Å². The number of alkyl halides is 3. The normalized spacial score (nSPS) is 17.4. The smallest absolute Gasteiger partial charge is 0.338 e. The highest BCUT2D eigenvalue weighted by Crippen LogP contribution is 2.31. The predicted molar refractivity (Wildman–Crippen MR) is 76.4 cm³/mol. The van der Waals surface area contributed by atoms with Crippen LogP contribution in [-0.4, -0.2) is 59.6 Å². The van der Waals surface area contributed by atoms with Crippen molar-refractivity contribution in [3.63, 3.8) is 0 Å². The molecular formula is C14H21F3N4O2. The second-order valence-corrected chi connectivity index (χ2v) is 5.62. The quantitative estimate of drug-likeness (QED) is 0.837. The number of carbonyl (C=O) groups excluding carboxylic acids is 1. The Balaban J connectivity index is 1.80. The number of piperidine rings is 1. The third-order valence-electron chi connectivity index (χ3n) is 4.14. The van der Waals surface area contributed by atoms with E-state index in [1.54, 1.807) is 7.05 Å². The highest BCUT2D eigenvalue weighted by Gasteiger charge is 2.34. The average Bonchev–Trinajstić information content (AvgIpc) is 3.02. The lowest BCUT2D eigenvalue weighted by molar-refractivity contribution is -0.169. The van der Waals surface area contributed by atoms with Crippen LogP contribution < -0.4 is 0 Å². The monoisotopic (exact) mass is 334 g/mol. The summed E-state index contributed by atoms with van der Waals surface area (Å²) in [5, 5.41) is 1.19. The van der Waals surface area contributed by atoms with E-state index in [9.17, 15) is 18.0 Å². The van der Waals surface area contributed by atoms with Gasteiger partial charge >= 0.3 is 6.18 Å². The molecule has 0 atom stereocenters. The van der Waals surface area contributed by atoms with Gasteiger partial charge in [-0.2, -0.15) is 13.2 Å². The van der Waals surface area contributed by atoms with Crippen molar-refractivity contribution in [1.29, 1.82) is 0 Å². The predicted octanol–water partition coefficient (Wildman–Crippen LogP) is 2.02. The summed E-state index contributed by atoms with van der Waals surface area (Å²) in [6.45, 7) is 2.08. The van der Waals surface area contributed by atoms with Gasteiger partial charge in [-0.1, -0.05) is 0 Å². The van der Waals surface area contributed by atoms with E-state index in [2.05, 4.69) is 14.9 Å². The van der Waals surface area contributed by atoms with Crippen molar-refractivity contribution >= 4 is 5.91 Å². The number of hydrogen-bond donors (Lipinski definition) is 1. The molecule has 2 rings (SSSR count). The summed E-state index contributed by atoms with van der Waals surface area (Å²) in [5.41, 5.74) is -0.803. The van der Waals surface area contributed by atoms with Gasteiger partial charge in [-0.25, -0.2) is 10.0 Å². The maximum Gasteiger partial charge on any atom is 0.432 e. The van der Waals surface area contributed by atoms with E-state index >= 15 is 0 Å². The zero-order valence-electron chi connectivity index (χ0n) is 13.2. The lowest BCUT2D eigenvalue weighted by Gasteiger charge is -2.31. The molecule has 1 aliphatic heterocycles. The Labute approximate surface area is 132 Å². The van der Waals surface area contributed by atoms with Crippen molar-refractivity contribution in [2.75, 3.05) is 33.8 Å². The van der Waals surface area contributed by atoms with Gasteiger partial charge < -0.3 is 9.88 Å². The number of hydroxylamine groups is 2.